The lowest BCUT2D eigenvalue weighted by atomic mass is 9.63. The third kappa shape index (κ3) is 1.40. The molecular weight excluding hydrogens is 286 g/mol. The van der Waals surface area contributed by atoms with Gasteiger partial charge in [0.1, 0.15) is 0 Å². The van der Waals surface area contributed by atoms with Gasteiger partial charge < -0.3 is 0 Å². The zero-order valence-electron chi connectivity index (χ0n) is 11.3. The first kappa shape index (κ1) is 12.0. The highest BCUT2D eigenvalue weighted by molar-refractivity contribution is 6.30. The van der Waals surface area contributed by atoms with Crippen LogP contribution in [-0.4, -0.2) is 11.8 Å². The van der Waals surface area contributed by atoms with Crippen LogP contribution < -0.4 is 4.90 Å². The van der Waals surface area contributed by atoms with Gasteiger partial charge in [-0.15, -0.1) is 0 Å². The van der Waals surface area contributed by atoms with Crippen molar-refractivity contribution in [1.29, 1.82) is 0 Å². The first-order chi connectivity index (χ1) is 10.2. The summed E-state index contributed by atoms with van der Waals surface area (Å²) in [5.41, 5.74) is 0.650. The van der Waals surface area contributed by atoms with Gasteiger partial charge in [0.05, 0.1) is 17.5 Å². The number of imide groups is 1. The highest BCUT2D eigenvalue weighted by Gasteiger charge is 2.67. The summed E-state index contributed by atoms with van der Waals surface area (Å²) in [5, 5.41) is 0.609. The number of halogens is 1. The van der Waals surface area contributed by atoms with Gasteiger partial charge in [-0.25, -0.2) is 0 Å². The largest absolute Gasteiger partial charge is 0.274 e. The van der Waals surface area contributed by atoms with Gasteiger partial charge in [-0.2, -0.15) is 0 Å². The highest BCUT2D eigenvalue weighted by Crippen LogP contribution is 2.65. The third-order valence-corrected chi connectivity index (χ3v) is 6.00. The minimum absolute atomic E-state index is 0.0166. The Labute approximate surface area is 127 Å². The van der Waals surface area contributed by atoms with Crippen molar-refractivity contribution >= 4 is 29.1 Å². The molecule has 21 heavy (non-hydrogen) atoms. The zero-order chi connectivity index (χ0) is 14.3. The van der Waals surface area contributed by atoms with E-state index in [2.05, 4.69) is 12.2 Å². The van der Waals surface area contributed by atoms with Crippen molar-refractivity contribution in [3.63, 3.8) is 0 Å². The molecule has 106 valence electrons. The highest BCUT2D eigenvalue weighted by atomic mass is 35.5. The van der Waals surface area contributed by atoms with E-state index < -0.39 is 0 Å². The number of allylic oxidation sites excluding steroid dienone is 2. The lowest BCUT2D eigenvalue weighted by molar-refractivity contribution is -0.124. The van der Waals surface area contributed by atoms with E-state index in [-0.39, 0.29) is 35.5 Å². The van der Waals surface area contributed by atoms with Crippen LogP contribution in [0.25, 0.3) is 0 Å². The molecule has 6 rings (SSSR count). The second-order valence-corrected chi connectivity index (χ2v) is 7.08. The number of carbonyl (C=O) groups is 2. The molecule has 4 aliphatic carbocycles. The van der Waals surface area contributed by atoms with Crippen LogP contribution in [0.15, 0.2) is 36.4 Å². The molecule has 2 bridgehead atoms. The van der Waals surface area contributed by atoms with Crippen LogP contribution in [0.3, 0.4) is 0 Å². The molecule has 0 radical (unpaired) electrons. The summed E-state index contributed by atoms with van der Waals surface area (Å²) in [6.07, 6.45) is 5.57. The second-order valence-electron chi connectivity index (χ2n) is 6.64. The number of benzene rings is 1. The van der Waals surface area contributed by atoms with Gasteiger partial charge in [0.2, 0.25) is 11.8 Å². The van der Waals surface area contributed by atoms with E-state index in [4.69, 9.17) is 11.6 Å². The molecule has 0 unspecified atom stereocenters. The minimum atomic E-state index is -0.132. The van der Waals surface area contributed by atoms with E-state index in [1.54, 1.807) is 24.3 Å². The molecule has 1 aromatic rings. The number of amides is 2. The fraction of sp³-hybridized carbons (Fsp3) is 0.412. The van der Waals surface area contributed by atoms with Crippen molar-refractivity contribution in [3.8, 4) is 0 Å². The smallest absolute Gasteiger partial charge is 0.238 e. The maximum atomic E-state index is 12.8. The van der Waals surface area contributed by atoms with E-state index in [1.807, 2.05) is 0 Å². The van der Waals surface area contributed by atoms with Crippen molar-refractivity contribution in [2.75, 3.05) is 4.90 Å². The normalized spacial score (nSPS) is 42.2. The van der Waals surface area contributed by atoms with Crippen LogP contribution in [0.2, 0.25) is 5.02 Å². The van der Waals surface area contributed by atoms with Gasteiger partial charge in [-0.05, 0) is 54.4 Å². The molecule has 1 saturated heterocycles. The summed E-state index contributed by atoms with van der Waals surface area (Å²) in [6, 6.07) is 6.96. The summed E-state index contributed by atoms with van der Waals surface area (Å²) in [7, 11) is 0. The Morgan fingerprint density at radius 2 is 1.43 bits per heavy atom. The standard InChI is InChI=1S/C17H14ClNO2/c18-8-1-3-9(4-2-8)19-16(20)14-10-5-6-11(13-7-12(10)13)15(14)17(19)21/h1-6,10-15H,7H2/t10-,11-,12-,13+,14-,15-/m1/s1. The average molecular weight is 300 g/mol. The lowest BCUT2D eigenvalue weighted by Gasteiger charge is -2.37. The van der Waals surface area contributed by atoms with Gasteiger partial charge in [-0.3, -0.25) is 14.5 Å². The van der Waals surface area contributed by atoms with Crippen LogP contribution in [0, 0.1) is 35.5 Å². The molecule has 2 saturated carbocycles. The lowest BCUT2D eigenvalue weighted by Crippen LogP contribution is -2.40. The fourth-order valence-corrected chi connectivity index (χ4v) is 4.93. The molecule has 5 aliphatic rings. The number of hydrogen-bond acceptors (Lipinski definition) is 2. The Balaban J connectivity index is 1.58. The number of rotatable bonds is 1. The number of hydrogen-bond donors (Lipinski definition) is 0. The molecule has 1 heterocycles. The summed E-state index contributed by atoms with van der Waals surface area (Å²) in [5.74, 6) is 1.54. The summed E-state index contributed by atoms with van der Waals surface area (Å²) in [4.78, 5) is 27.0. The monoisotopic (exact) mass is 299 g/mol. The maximum absolute atomic E-state index is 12.8. The Kier molecular flexibility index (Phi) is 2.15. The molecule has 3 nitrogen and oxygen atoms in total. The molecule has 0 spiro atoms. The molecule has 2 amide bonds. The van der Waals surface area contributed by atoms with Crippen LogP contribution in [0.4, 0.5) is 5.69 Å². The summed E-state index contributed by atoms with van der Waals surface area (Å²) >= 11 is 5.90. The maximum Gasteiger partial charge on any atom is 0.238 e. The molecule has 1 aromatic carbocycles. The number of carbonyl (C=O) groups excluding carboxylic acids is 2. The average Bonchev–Trinajstić information content (AvgIpc) is 3.26. The number of anilines is 1. The van der Waals surface area contributed by atoms with E-state index >= 15 is 0 Å². The number of nitrogens with zero attached hydrogens (tertiary/aromatic N) is 1. The predicted molar refractivity (Wildman–Crippen MR) is 78.6 cm³/mol. The summed E-state index contributed by atoms with van der Waals surface area (Å²) in [6.45, 7) is 0. The second kappa shape index (κ2) is 3.77. The minimum Gasteiger partial charge on any atom is -0.274 e. The van der Waals surface area contributed by atoms with E-state index in [1.165, 1.54) is 11.3 Å². The predicted octanol–water partition coefficient (Wildman–Crippen LogP) is 2.90. The third-order valence-electron chi connectivity index (χ3n) is 5.75. The first-order valence-corrected chi connectivity index (χ1v) is 7.86. The topological polar surface area (TPSA) is 37.4 Å². The Morgan fingerprint density at radius 3 is 1.95 bits per heavy atom. The first-order valence-electron chi connectivity index (χ1n) is 7.48. The van der Waals surface area contributed by atoms with Gasteiger partial charge in [0.25, 0.3) is 0 Å². The SMILES string of the molecule is O=C1[C@@H]2[C@@H]3C=C[C@H]([C@@H]4C[C@H]34)[C@H]2C(=O)N1c1ccc(Cl)cc1. The zero-order valence-corrected chi connectivity index (χ0v) is 12.0. The van der Waals surface area contributed by atoms with Crippen molar-refractivity contribution < 1.29 is 9.59 Å². The van der Waals surface area contributed by atoms with Gasteiger partial charge in [-0.1, -0.05) is 23.8 Å². The molecule has 4 heteroatoms. The van der Waals surface area contributed by atoms with Crippen LogP contribution in [0.1, 0.15) is 6.42 Å². The molecule has 6 atom stereocenters. The van der Waals surface area contributed by atoms with Crippen molar-refractivity contribution in [3.05, 3.63) is 41.4 Å². The van der Waals surface area contributed by atoms with E-state index in [0.29, 0.717) is 22.5 Å². The Bertz CT molecular complexity index is 659. The van der Waals surface area contributed by atoms with Crippen LogP contribution in [0.5, 0.6) is 0 Å². The van der Waals surface area contributed by atoms with Gasteiger partial charge >= 0.3 is 0 Å². The van der Waals surface area contributed by atoms with Gasteiger partial charge in [0.15, 0.2) is 0 Å². The van der Waals surface area contributed by atoms with Crippen LogP contribution in [-0.2, 0) is 9.59 Å². The van der Waals surface area contributed by atoms with Gasteiger partial charge in [0, 0.05) is 5.02 Å². The molecule has 3 fully saturated rings. The van der Waals surface area contributed by atoms with Crippen molar-refractivity contribution in [2.24, 2.45) is 35.5 Å². The summed E-state index contributed by atoms with van der Waals surface area (Å²) < 4.78 is 0. The van der Waals surface area contributed by atoms with E-state index in [0.717, 1.165) is 0 Å². The molecule has 0 aromatic heterocycles. The van der Waals surface area contributed by atoms with Crippen molar-refractivity contribution in [2.45, 2.75) is 6.42 Å². The molecule has 0 N–H and O–H groups in total. The Hall–Kier alpha value is -1.61. The Morgan fingerprint density at radius 1 is 0.905 bits per heavy atom. The van der Waals surface area contributed by atoms with Crippen LogP contribution >= 0.6 is 11.6 Å². The van der Waals surface area contributed by atoms with Crippen molar-refractivity contribution in [1.82, 2.24) is 0 Å². The molecule has 1 aliphatic heterocycles. The van der Waals surface area contributed by atoms with E-state index in [9.17, 15) is 9.59 Å². The quantitative estimate of drug-likeness (QED) is 0.591. The molecular formula is C17H14ClNO2. The fourth-order valence-electron chi connectivity index (χ4n) is 4.80.